The lowest BCUT2D eigenvalue weighted by Crippen LogP contribution is -2.40. The fourth-order valence-electron chi connectivity index (χ4n) is 3.43. The highest BCUT2D eigenvalue weighted by Gasteiger charge is 2.28. The molecule has 0 bridgehead atoms. The minimum Gasteiger partial charge on any atom is -0.457 e. The SMILES string of the molecule is Cc1ccccc1Oc1ccc(S(=O)(=O)NCC2CCCN2c2nccs2)cc1. The van der Waals surface area contributed by atoms with Gasteiger partial charge in [-0.25, -0.2) is 18.1 Å². The minimum atomic E-state index is -3.59. The van der Waals surface area contributed by atoms with Crippen LogP contribution in [-0.4, -0.2) is 32.5 Å². The third-order valence-electron chi connectivity index (χ3n) is 5.01. The summed E-state index contributed by atoms with van der Waals surface area (Å²) in [6, 6.07) is 14.3. The zero-order valence-electron chi connectivity index (χ0n) is 16.1. The van der Waals surface area contributed by atoms with Gasteiger partial charge in [-0.15, -0.1) is 11.3 Å². The van der Waals surface area contributed by atoms with Crippen LogP contribution in [0.25, 0.3) is 0 Å². The molecule has 4 rings (SSSR count). The van der Waals surface area contributed by atoms with Crippen LogP contribution in [0.15, 0.2) is 65.0 Å². The molecule has 2 heterocycles. The first kappa shape index (κ1) is 19.9. The molecule has 1 aliphatic heterocycles. The molecule has 8 heteroatoms. The molecule has 1 aliphatic rings. The van der Waals surface area contributed by atoms with Gasteiger partial charge in [-0.1, -0.05) is 18.2 Å². The monoisotopic (exact) mass is 429 g/mol. The zero-order valence-corrected chi connectivity index (χ0v) is 17.7. The number of thiazole rings is 1. The molecule has 29 heavy (non-hydrogen) atoms. The van der Waals surface area contributed by atoms with Gasteiger partial charge in [0.25, 0.3) is 0 Å². The second kappa shape index (κ2) is 8.52. The summed E-state index contributed by atoms with van der Waals surface area (Å²) in [5.41, 5.74) is 1.02. The van der Waals surface area contributed by atoms with Crippen molar-refractivity contribution in [3.8, 4) is 11.5 Å². The average molecular weight is 430 g/mol. The Labute approximate surface area is 175 Å². The number of anilines is 1. The predicted octanol–water partition coefficient (Wildman–Crippen LogP) is 4.19. The number of hydrogen-bond acceptors (Lipinski definition) is 6. The van der Waals surface area contributed by atoms with Crippen molar-refractivity contribution >= 4 is 26.5 Å². The largest absolute Gasteiger partial charge is 0.457 e. The second-order valence-corrected chi connectivity index (χ2v) is 9.63. The Kier molecular flexibility index (Phi) is 5.84. The number of aromatic nitrogens is 1. The van der Waals surface area contributed by atoms with Crippen molar-refractivity contribution in [2.75, 3.05) is 18.0 Å². The van der Waals surface area contributed by atoms with Crippen LogP contribution in [-0.2, 0) is 10.0 Å². The van der Waals surface area contributed by atoms with E-state index in [9.17, 15) is 8.42 Å². The molecule has 1 fully saturated rings. The molecule has 1 unspecified atom stereocenters. The summed E-state index contributed by atoms with van der Waals surface area (Å²) in [7, 11) is -3.59. The predicted molar refractivity (Wildman–Crippen MR) is 115 cm³/mol. The quantitative estimate of drug-likeness (QED) is 0.610. The number of para-hydroxylation sites is 1. The van der Waals surface area contributed by atoms with Gasteiger partial charge in [0.2, 0.25) is 10.0 Å². The van der Waals surface area contributed by atoms with Crippen LogP contribution in [0.1, 0.15) is 18.4 Å². The van der Waals surface area contributed by atoms with E-state index in [1.807, 2.05) is 36.6 Å². The summed E-state index contributed by atoms with van der Waals surface area (Å²) in [5.74, 6) is 1.36. The Morgan fingerprint density at radius 3 is 2.72 bits per heavy atom. The Morgan fingerprint density at radius 2 is 2.00 bits per heavy atom. The van der Waals surface area contributed by atoms with Crippen LogP contribution in [0.3, 0.4) is 0 Å². The van der Waals surface area contributed by atoms with Gasteiger partial charge in [0.05, 0.1) is 4.90 Å². The topological polar surface area (TPSA) is 71.5 Å². The molecule has 0 amide bonds. The Balaban J connectivity index is 1.40. The molecule has 1 atom stereocenters. The molecule has 2 aromatic carbocycles. The summed E-state index contributed by atoms with van der Waals surface area (Å²) in [4.78, 5) is 6.77. The van der Waals surface area contributed by atoms with Gasteiger partial charge in [-0.3, -0.25) is 0 Å². The van der Waals surface area contributed by atoms with E-state index in [2.05, 4.69) is 14.6 Å². The van der Waals surface area contributed by atoms with Crippen molar-refractivity contribution in [1.29, 1.82) is 0 Å². The number of hydrogen-bond donors (Lipinski definition) is 1. The average Bonchev–Trinajstić information content (AvgIpc) is 3.40. The summed E-state index contributed by atoms with van der Waals surface area (Å²) in [6.45, 7) is 3.24. The zero-order chi connectivity index (χ0) is 20.3. The molecule has 0 spiro atoms. The van der Waals surface area contributed by atoms with E-state index in [1.54, 1.807) is 41.8 Å². The van der Waals surface area contributed by atoms with E-state index in [1.165, 1.54) is 0 Å². The Morgan fingerprint density at radius 1 is 1.21 bits per heavy atom. The fourth-order valence-corrected chi connectivity index (χ4v) is 5.25. The minimum absolute atomic E-state index is 0.125. The summed E-state index contributed by atoms with van der Waals surface area (Å²) >= 11 is 1.58. The number of benzene rings is 2. The number of rotatable bonds is 7. The smallest absolute Gasteiger partial charge is 0.240 e. The van der Waals surface area contributed by atoms with Crippen LogP contribution in [0.2, 0.25) is 0 Å². The summed E-state index contributed by atoms with van der Waals surface area (Å²) < 4.78 is 34.0. The van der Waals surface area contributed by atoms with Crippen molar-refractivity contribution < 1.29 is 13.2 Å². The maximum Gasteiger partial charge on any atom is 0.240 e. The van der Waals surface area contributed by atoms with Crippen molar-refractivity contribution in [2.24, 2.45) is 0 Å². The van der Waals surface area contributed by atoms with Gasteiger partial charge in [0, 0.05) is 30.7 Å². The fraction of sp³-hybridized carbons (Fsp3) is 0.286. The Bertz CT molecular complexity index is 1050. The maximum atomic E-state index is 12.7. The third kappa shape index (κ3) is 4.60. The summed E-state index contributed by atoms with van der Waals surface area (Å²) in [6.07, 6.45) is 3.77. The first-order valence-electron chi connectivity index (χ1n) is 9.52. The number of ether oxygens (including phenoxy) is 1. The van der Waals surface area contributed by atoms with Crippen molar-refractivity contribution in [3.63, 3.8) is 0 Å². The lowest BCUT2D eigenvalue weighted by molar-refractivity contribution is 0.478. The molecule has 0 radical (unpaired) electrons. The van der Waals surface area contributed by atoms with Crippen LogP contribution in [0.5, 0.6) is 11.5 Å². The first-order valence-corrected chi connectivity index (χ1v) is 11.9. The van der Waals surface area contributed by atoms with E-state index in [-0.39, 0.29) is 10.9 Å². The number of nitrogens with zero attached hydrogens (tertiary/aromatic N) is 2. The molecule has 6 nitrogen and oxygen atoms in total. The molecular formula is C21H23N3O3S2. The number of nitrogens with one attached hydrogen (secondary N) is 1. The van der Waals surface area contributed by atoms with Crippen molar-refractivity contribution in [2.45, 2.75) is 30.7 Å². The van der Waals surface area contributed by atoms with Crippen LogP contribution < -0.4 is 14.4 Å². The molecule has 0 aliphatic carbocycles. The first-order chi connectivity index (χ1) is 14.0. The molecule has 0 saturated carbocycles. The van der Waals surface area contributed by atoms with Gasteiger partial charge >= 0.3 is 0 Å². The van der Waals surface area contributed by atoms with E-state index in [4.69, 9.17) is 4.74 Å². The van der Waals surface area contributed by atoms with Crippen LogP contribution in [0.4, 0.5) is 5.13 Å². The summed E-state index contributed by atoms with van der Waals surface area (Å²) in [5, 5.41) is 2.89. The molecule has 1 N–H and O–H groups in total. The molecule has 3 aromatic rings. The Hall–Kier alpha value is -2.42. The normalized spacial score (nSPS) is 16.9. The molecule has 152 valence electrons. The standard InChI is InChI=1S/C21H23N3O3S2/c1-16-5-2-3-7-20(16)27-18-8-10-19(11-9-18)29(25,26)23-15-17-6-4-13-24(17)21-22-12-14-28-21/h2-3,5,7-12,14,17,23H,4,6,13,15H2,1H3. The van der Waals surface area contributed by atoms with Gasteiger partial charge in [0.15, 0.2) is 5.13 Å². The lowest BCUT2D eigenvalue weighted by Gasteiger charge is -2.24. The van der Waals surface area contributed by atoms with Crippen molar-refractivity contribution in [1.82, 2.24) is 9.71 Å². The van der Waals surface area contributed by atoms with Gasteiger partial charge in [-0.05, 0) is 55.7 Å². The van der Waals surface area contributed by atoms with Crippen LogP contribution >= 0.6 is 11.3 Å². The molecular weight excluding hydrogens is 406 g/mol. The second-order valence-electron chi connectivity index (χ2n) is 6.99. The van der Waals surface area contributed by atoms with E-state index < -0.39 is 10.0 Å². The lowest BCUT2D eigenvalue weighted by atomic mass is 10.2. The van der Waals surface area contributed by atoms with E-state index in [0.717, 1.165) is 35.8 Å². The third-order valence-corrected chi connectivity index (χ3v) is 7.25. The number of sulfonamides is 1. The highest BCUT2D eigenvalue weighted by molar-refractivity contribution is 7.89. The molecule has 1 saturated heterocycles. The number of aryl methyl sites for hydroxylation is 1. The van der Waals surface area contributed by atoms with E-state index >= 15 is 0 Å². The highest BCUT2D eigenvalue weighted by atomic mass is 32.2. The van der Waals surface area contributed by atoms with Crippen LogP contribution in [0, 0.1) is 6.92 Å². The maximum absolute atomic E-state index is 12.7. The van der Waals surface area contributed by atoms with Gasteiger partial charge in [0.1, 0.15) is 11.5 Å². The van der Waals surface area contributed by atoms with Gasteiger partial charge < -0.3 is 9.64 Å². The van der Waals surface area contributed by atoms with Gasteiger partial charge in [-0.2, -0.15) is 0 Å². The van der Waals surface area contributed by atoms with E-state index in [0.29, 0.717) is 12.3 Å². The molecule has 1 aromatic heterocycles. The van der Waals surface area contributed by atoms with Crippen molar-refractivity contribution in [3.05, 3.63) is 65.7 Å². The highest BCUT2D eigenvalue weighted by Crippen LogP contribution is 2.28.